The Hall–Kier alpha value is -12.7. The number of aliphatic hydroxyl groups is 4. The zero-order valence-corrected chi connectivity index (χ0v) is 70.1. The van der Waals surface area contributed by atoms with Crippen LogP contribution < -0.4 is 80.2 Å². The number of benzene rings is 2. The molecule has 2 rings (SSSR count). The van der Waals surface area contributed by atoms with Gasteiger partial charge in [-0.2, -0.15) is 0 Å². The zero-order valence-electron chi connectivity index (χ0n) is 70.1. The first kappa shape index (κ1) is 107. The molecule has 0 aliphatic heterocycles. The summed E-state index contributed by atoms with van der Waals surface area (Å²) in [5.74, 6) is -27.7. The second-order valence-electron chi connectivity index (χ2n) is 31.2. The van der Waals surface area contributed by atoms with Crippen molar-refractivity contribution in [2.45, 2.75) is 256 Å². The second kappa shape index (κ2) is 53.2. The molecule has 0 fully saturated rings. The van der Waals surface area contributed by atoms with Gasteiger partial charge >= 0.3 is 29.8 Å². The molecule has 27 N–H and O–H groups in total. The monoisotopic (exact) mass is 1760 g/mol. The number of hydrogen-bond donors (Lipinski definition) is 26. The molecule has 0 heterocycles. The Morgan fingerprint density at radius 1 is 0.290 bits per heavy atom. The summed E-state index contributed by atoms with van der Waals surface area (Å²) in [6, 6.07) is -11.0. The summed E-state index contributed by atoms with van der Waals surface area (Å²) in [4.78, 5) is 265. The number of amides is 15. The van der Waals surface area contributed by atoms with Gasteiger partial charge in [-0.15, -0.1) is 0 Å². The number of carbonyl (C=O) groups is 20. The molecule has 46 heteroatoms. The molecule has 15 amide bonds. The van der Waals surface area contributed by atoms with Gasteiger partial charge in [-0.3, -0.25) is 91.1 Å². The molecule has 0 radical (unpaired) electrons. The smallest absolute Gasteiger partial charge is 0.326 e. The maximum Gasteiger partial charge on any atom is 0.326 e. The lowest BCUT2D eigenvalue weighted by atomic mass is 10.00. The normalized spacial score (nSPS) is 15.1. The standard InChI is InChI=1S/C78H117N15O31/c1-35(2)27-49(65(79)110)86-68(113)47(21-25-59(104)105)84-72(117)50(28-36(3)4)87-74(119)61(39(9)94)92-70(115)45(19-23-57(100)101)82-55(98)33-80-66(111)52(31-41-11-15-43(96)16-12-41)89-76(121)63(108)64(109)77(122)90-53(32-42-13-17-44(97)18-14-42)67(112)81-34-56(99)83-46(20-24-58(102)103)71(116)93-62(40(10)95)75(120)88-51(29-37(5)6)73(118)85-48(22-26-60(106)107)69(114)91-54(78(123)124)30-38(7)8/h11-18,35-40,45-54,61-64,94-97,108-109H,19-34H2,1-10H3,(H2,79,110)(H,80,111)(H,81,112)(H,82,98)(H,83,99)(H,84,117)(H,85,118)(H,86,113)(H,87,119)(H,88,120)(H,89,121)(H,90,122)(H,91,114)(H,92,115)(H,93,116)(H,100,101)(H,102,103)(H,104,105)(H,106,107)(H,123,124)/t39-,40-,45+,46+,47+,48+,49+,50+,51+,52+,53+,54+,61+,62+,63?,64?/m1/s1. The molecule has 0 saturated carbocycles. The van der Waals surface area contributed by atoms with E-state index in [1.54, 1.807) is 55.4 Å². The van der Waals surface area contributed by atoms with Crippen LogP contribution in [0.1, 0.15) is 157 Å². The highest BCUT2D eigenvalue weighted by Crippen LogP contribution is 2.18. The van der Waals surface area contributed by atoms with Crippen LogP contribution in [0, 0.1) is 23.7 Å². The Balaban J connectivity index is 2.43. The summed E-state index contributed by atoms with van der Waals surface area (Å²) in [6.07, 6.45) is -16.3. The van der Waals surface area contributed by atoms with Crippen molar-refractivity contribution in [1.29, 1.82) is 0 Å². The molecule has 16 atom stereocenters. The van der Waals surface area contributed by atoms with Crippen molar-refractivity contribution in [3.63, 3.8) is 0 Å². The van der Waals surface area contributed by atoms with Crippen molar-refractivity contribution in [1.82, 2.24) is 74.4 Å². The van der Waals surface area contributed by atoms with Gasteiger partial charge in [0.15, 0.2) is 12.2 Å². The predicted molar refractivity (Wildman–Crippen MR) is 430 cm³/mol. The van der Waals surface area contributed by atoms with Crippen LogP contribution in [0.15, 0.2) is 48.5 Å². The molecule has 690 valence electrons. The van der Waals surface area contributed by atoms with Gasteiger partial charge in [0.1, 0.15) is 84.0 Å². The summed E-state index contributed by atoms with van der Waals surface area (Å²) in [7, 11) is 0. The summed E-state index contributed by atoms with van der Waals surface area (Å²) >= 11 is 0. The van der Waals surface area contributed by atoms with Gasteiger partial charge in [-0.1, -0.05) is 79.7 Å². The molecule has 0 aliphatic rings. The third-order valence-electron chi connectivity index (χ3n) is 18.4. The van der Waals surface area contributed by atoms with Crippen LogP contribution in [0.3, 0.4) is 0 Å². The molecule has 2 aromatic carbocycles. The predicted octanol–water partition coefficient (Wildman–Crippen LogP) is -6.37. The fourth-order valence-corrected chi connectivity index (χ4v) is 11.9. The number of aromatic hydroxyl groups is 2. The van der Waals surface area contributed by atoms with Gasteiger partial charge in [0.2, 0.25) is 76.8 Å². The molecule has 124 heavy (non-hydrogen) atoms. The van der Waals surface area contributed by atoms with E-state index in [9.17, 15) is 152 Å². The van der Waals surface area contributed by atoms with E-state index in [4.69, 9.17) is 5.73 Å². The van der Waals surface area contributed by atoms with E-state index < -0.39 is 305 Å². The third-order valence-corrected chi connectivity index (χ3v) is 18.4. The highest BCUT2D eigenvalue weighted by atomic mass is 16.4. The average Bonchev–Trinajstić information content (AvgIpc) is 0.855. The summed E-state index contributed by atoms with van der Waals surface area (Å²) in [5, 5.41) is 143. The quantitative estimate of drug-likeness (QED) is 0.0293. The lowest BCUT2D eigenvalue weighted by Gasteiger charge is -2.28. The maximum absolute atomic E-state index is 14.0. The van der Waals surface area contributed by atoms with Crippen LogP contribution in [0.25, 0.3) is 0 Å². The Morgan fingerprint density at radius 2 is 0.532 bits per heavy atom. The molecule has 0 aliphatic carbocycles. The maximum atomic E-state index is 14.0. The average molecular weight is 1760 g/mol. The van der Waals surface area contributed by atoms with Gasteiger partial charge in [-0.25, -0.2) is 4.79 Å². The van der Waals surface area contributed by atoms with E-state index in [0.717, 1.165) is 38.1 Å². The van der Waals surface area contributed by atoms with Crippen molar-refractivity contribution in [2.75, 3.05) is 13.1 Å². The number of aliphatic carboxylic acids is 5. The largest absolute Gasteiger partial charge is 0.508 e. The molecule has 0 aromatic heterocycles. The fourth-order valence-electron chi connectivity index (χ4n) is 11.9. The summed E-state index contributed by atoms with van der Waals surface area (Å²) in [5.41, 5.74) is 5.81. The summed E-state index contributed by atoms with van der Waals surface area (Å²) in [6.45, 7) is 13.1. The molecule has 0 bridgehead atoms. The van der Waals surface area contributed by atoms with E-state index in [1.165, 1.54) is 24.3 Å². The van der Waals surface area contributed by atoms with E-state index in [2.05, 4.69) is 74.4 Å². The van der Waals surface area contributed by atoms with Crippen molar-refractivity contribution >= 4 is 118 Å². The van der Waals surface area contributed by atoms with Crippen molar-refractivity contribution in [3.05, 3.63) is 59.7 Å². The number of carboxylic acid groups (broad SMARTS) is 5. The van der Waals surface area contributed by atoms with Crippen molar-refractivity contribution in [2.24, 2.45) is 29.4 Å². The number of carbonyl (C=O) groups excluding carboxylic acids is 15. The van der Waals surface area contributed by atoms with Crippen LogP contribution in [0.2, 0.25) is 0 Å². The molecule has 2 unspecified atom stereocenters. The number of phenolic OH excluding ortho intramolecular Hbond substituents is 2. The SMILES string of the molecule is CC(C)C[C@H](NC(=O)[C@H](CCC(=O)O)NC(=O)[C@H](CC(C)C)NC(=O)[C@@H](NC(=O)[C@H](CCC(=O)O)NC(=O)CNC(=O)[C@H](Cc1ccc(O)cc1)NC(=O)C(O)C(O)C(=O)N[C@@H](Cc1ccc(O)cc1)C(=O)NCC(=O)N[C@@H](CCC(=O)O)C(=O)N[C@H](C(=O)N[C@@H](CC(C)C)C(=O)N[C@@H](CCC(=O)O)C(=O)N[C@@H](CC(C)C)C(=O)O)[C@@H](C)O)[C@@H](C)O)C(N)=O. The van der Waals surface area contributed by atoms with Crippen LogP contribution in [-0.2, 0) is 109 Å². The lowest BCUT2D eigenvalue weighted by molar-refractivity contribution is -0.148. The fraction of sp³-hybridized carbons (Fsp3) is 0.590. The van der Waals surface area contributed by atoms with E-state index in [1.807, 2.05) is 0 Å². The number of phenols is 2. The van der Waals surface area contributed by atoms with Crippen LogP contribution >= 0.6 is 0 Å². The van der Waals surface area contributed by atoms with E-state index in [0.29, 0.717) is 0 Å². The highest BCUT2D eigenvalue weighted by molar-refractivity contribution is 6.01. The topological polar surface area (TPSA) is 758 Å². The number of nitrogens with two attached hydrogens (primary N) is 1. The zero-order chi connectivity index (χ0) is 94.3. The number of rotatable bonds is 57. The minimum atomic E-state index is -2.85. The first-order valence-corrected chi connectivity index (χ1v) is 39.6. The Morgan fingerprint density at radius 3 is 0.806 bits per heavy atom. The third kappa shape index (κ3) is 40.8. The molecule has 0 spiro atoms. The molecule has 2 aromatic rings. The molecular formula is C78H117N15O31. The van der Waals surface area contributed by atoms with Gasteiger partial charge in [0.05, 0.1) is 25.3 Å². The van der Waals surface area contributed by atoms with Crippen molar-refractivity contribution < 1.29 is 152 Å². The highest BCUT2D eigenvalue weighted by Gasteiger charge is 2.40. The van der Waals surface area contributed by atoms with Crippen molar-refractivity contribution in [3.8, 4) is 11.5 Å². The van der Waals surface area contributed by atoms with Gasteiger partial charge in [0, 0.05) is 38.5 Å². The van der Waals surface area contributed by atoms with Crippen LogP contribution in [-0.4, -0.2) is 285 Å². The van der Waals surface area contributed by atoms with E-state index >= 15 is 0 Å². The first-order chi connectivity index (χ1) is 57.8. The van der Waals surface area contributed by atoms with Gasteiger partial charge < -0.3 is 136 Å². The number of nitrogens with one attached hydrogen (secondary N) is 14. The Bertz CT molecular complexity index is 3800. The Kier molecular flexibility index (Phi) is 46.1. The number of primary amides is 1. The minimum Gasteiger partial charge on any atom is -0.508 e. The second-order valence-corrected chi connectivity index (χ2v) is 31.2. The van der Waals surface area contributed by atoms with E-state index in [-0.39, 0.29) is 60.1 Å². The molecule has 0 saturated heterocycles. The lowest BCUT2D eigenvalue weighted by Crippen LogP contribution is -2.61. The number of aliphatic hydroxyl groups excluding tert-OH is 4. The van der Waals surface area contributed by atoms with Crippen LogP contribution in [0.4, 0.5) is 0 Å². The number of hydrogen-bond acceptors (Lipinski definition) is 26. The van der Waals surface area contributed by atoms with Crippen LogP contribution in [0.5, 0.6) is 11.5 Å². The molecular weight excluding hydrogens is 1640 g/mol. The molecule has 46 nitrogen and oxygen atoms in total. The summed E-state index contributed by atoms with van der Waals surface area (Å²) < 4.78 is 0. The number of carboxylic acids is 5. The van der Waals surface area contributed by atoms with Gasteiger partial charge in [0.25, 0.3) is 11.8 Å². The minimum absolute atomic E-state index is 0.0535. The Labute approximate surface area is 712 Å². The first-order valence-electron chi connectivity index (χ1n) is 39.6. The van der Waals surface area contributed by atoms with Gasteiger partial charge in [-0.05, 0) is 124 Å².